The molecule has 44 heavy (non-hydrogen) atoms. The Kier molecular flexibility index (Phi) is 12.3. The number of ether oxygens (including phenoxy) is 2. The largest absolute Gasteiger partial charge is 0.493 e. The Labute approximate surface area is 255 Å². The zero-order chi connectivity index (χ0) is 32.2. The van der Waals surface area contributed by atoms with Gasteiger partial charge in [0.2, 0.25) is 0 Å². The Hall–Kier alpha value is -4.86. The first-order chi connectivity index (χ1) is 21.0. The summed E-state index contributed by atoms with van der Waals surface area (Å²) in [5, 5.41) is 38.7. The van der Waals surface area contributed by atoms with Crippen LogP contribution in [-0.4, -0.2) is 57.5 Å². The summed E-state index contributed by atoms with van der Waals surface area (Å²) < 4.78 is 12.4. The van der Waals surface area contributed by atoms with Crippen LogP contribution in [0.5, 0.6) is 11.5 Å². The minimum absolute atomic E-state index is 0.222. The van der Waals surface area contributed by atoms with E-state index >= 15 is 0 Å². The van der Waals surface area contributed by atoms with Crippen LogP contribution < -0.4 is 9.47 Å². The Morgan fingerprint density at radius 3 is 1.07 bits per heavy atom. The summed E-state index contributed by atoms with van der Waals surface area (Å²) in [6.45, 7) is 4.78. The molecule has 0 aliphatic rings. The van der Waals surface area contributed by atoms with Gasteiger partial charge in [0.05, 0.1) is 35.5 Å². The van der Waals surface area contributed by atoms with E-state index in [9.17, 15) is 39.6 Å². The first-order valence-electron chi connectivity index (χ1n) is 14.7. The van der Waals surface area contributed by atoms with E-state index in [0.717, 1.165) is 63.5 Å². The zero-order valence-electron chi connectivity index (χ0n) is 24.9. The molecule has 10 heteroatoms. The van der Waals surface area contributed by atoms with Gasteiger partial charge in [0.1, 0.15) is 11.5 Å². The summed E-state index contributed by atoms with van der Waals surface area (Å²) in [7, 11) is 0. The molecule has 0 atom stereocenters. The lowest BCUT2D eigenvalue weighted by molar-refractivity contribution is 0.0676. The lowest BCUT2D eigenvalue weighted by Gasteiger charge is -2.19. The van der Waals surface area contributed by atoms with Gasteiger partial charge in [0.25, 0.3) is 0 Å². The highest BCUT2D eigenvalue weighted by molar-refractivity contribution is 5.98. The Bertz CT molecular complexity index is 1330. The number of carboxylic acids is 4. The first kappa shape index (κ1) is 33.6. The van der Waals surface area contributed by atoms with Crippen LogP contribution in [0, 0.1) is 0 Å². The number of carbonyl (C=O) groups is 4. The average molecular weight is 607 g/mol. The normalized spacial score (nSPS) is 10.8. The molecule has 0 aromatic heterocycles. The summed E-state index contributed by atoms with van der Waals surface area (Å²) in [6, 6.07) is 10.8. The maximum absolute atomic E-state index is 11.9. The summed E-state index contributed by atoms with van der Waals surface area (Å²) in [5.41, 5.74) is 0.427. The van der Waals surface area contributed by atoms with Crippen molar-refractivity contribution in [2.45, 2.75) is 65.2 Å². The number of rotatable bonds is 18. The van der Waals surface area contributed by atoms with Gasteiger partial charge in [-0.3, -0.25) is 0 Å². The van der Waals surface area contributed by atoms with Crippen molar-refractivity contribution < 1.29 is 49.1 Å². The van der Waals surface area contributed by atoms with Gasteiger partial charge < -0.3 is 29.9 Å². The van der Waals surface area contributed by atoms with E-state index in [1.165, 1.54) is 24.3 Å². The molecule has 0 aliphatic carbocycles. The van der Waals surface area contributed by atoms with Crippen LogP contribution >= 0.6 is 0 Å². The molecule has 0 unspecified atom stereocenters. The second kappa shape index (κ2) is 16.1. The molecule has 0 saturated carbocycles. The predicted molar refractivity (Wildman–Crippen MR) is 164 cm³/mol. The van der Waals surface area contributed by atoms with Crippen molar-refractivity contribution in [3.8, 4) is 33.8 Å². The van der Waals surface area contributed by atoms with Gasteiger partial charge in [0, 0.05) is 11.1 Å². The lowest BCUT2D eigenvalue weighted by Crippen LogP contribution is -2.06. The highest BCUT2D eigenvalue weighted by Crippen LogP contribution is 2.42. The molecule has 0 amide bonds. The van der Waals surface area contributed by atoms with Crippen molar-refractivity contribution in [2.75, 3.05) is 13.2 Å². The van der Waals surface area contributed by atoms with Gasteiger partial charge in [-0.25, -0.2) is 19.2 Å². The second-order valence-electron chi connectivity index (χ2n) is 10.5. The van der Waals surface area contributed by atoms with Crippen molar-refractivity contribution >= 4 is 23.9 Å². The Morgan fingerprint density at radius 2 is 0.795 bits per heavy atom. The van der Waals surface area contributed by atoms with Crippen molar-refractivity contribution in [2.24, 2.45) is 0 Å². The molecule has 0 fully saturated rings. The van der Waals surface area contributed by atoms with E-state index in [4.69, 9.17) is 9.47 Å². The molecule has 3 aromatic carbocycles. The lowest BCUT2D eigenvalue weighted by atomic mass is 9.93. The van der Waals surface area contributed by atoms with Gasteiger partial charge in [-0.2, -0.15) is 0 Å². The first-order valence-corrected chi connectivity index (χ1v) is 14.7. The van der Waals surface area contributed by atoms with Crippen molar-refractivity contribution in [1.29, 1.82) is 0 Å². The van der Waals surface area contributed by atoms with Crippen LogP contribution in [0.15, 0.2) is 48.5 Å². The number of hydrogen-bond acceptors (Lipinski definition) is 6. The minimum Gasteiger partial charge on any atom is -0.493 e. The number of benzene rings is 3. The monoisotopic (exact) mass is 606 g/mol. The molecule has 4 N–H and O–H groups in total. The topological polar surface area (TPSA) is 168 Å². The summed E-state index contributed by atoms with van der Waals surface area (Å²) >= 11 is 0. The van der Waals surface area contributed by atoms with E-state index in [0.29, 0.717) is 24.3 Å². The molecule has 0 bridgehead atoms. The fourth-order valence-corrected chi connectivity index (χ4v) is 4.73. The Balaban J connectivity index is 2.28. The standard InChI is InChI=1S/C34H38O10/c1-3-5-7-9-11-43-29-19-28(22-15-25(33(39)40)18-26(16-22)34(41)42)30(44-12-10-8-6-4-2)20-27(29)21-13-23(31(35)36)17-24(14-21)32(37)38/h13-20H,3-12H2,1-2H3,(H,35,36)(H,37,38)(H,39,40)(H,41,42). The average Bonchev–Trinajstić information content (AvgIpc) is 3.00. The SMILES string of the molecule is CCCCCCOc1cc(-c2cc(C(=O)O)cc(C(=O)O)c2)c(OCCCCCC)cc1-c1cc(C(=O)O)cc(C(=O)O)c1. The summed E-state index contributed by atoms with van der Waals surface area (Å²) in [5.74, 6) is -4.63. The van der Waals surface area contributed by atoms with Crippen LogP contribution in [0.4, 0.5) is 0 Å². The van der Waals surface area contributed by atoms with Crippen LogP contribution in [-0.2, 0) is 0 Å². The van der Waals surface area contributed by atoms with Gasteiger partial charge in [-0.05, 0) is 72.5 Å². The van der Waals surface area contributed by atoms with Crippen LogP contribution in [0.1, 0.15) is 107 Å². The third-order valence-corrected chi connectivity index (χ3v) is 7.07. The molecular formula is C34H38O10. The van der Waals surface area contributed by atoms with Crippen molar-refractivity contribution in [1.82, 2.24) is 0 Å². The van der Waals surface area contributed by atoms with E-state index in [1.54, 1.807) is 12.1 Å². The highest BCUT2D eigenvalue weighted by atomic mass is 16.5. The summed E-state index contributed by atoms with van der Waals surface area (Å²) in [4.78, 5) is 47.5. The van der Waals surface area contributed by atoms with E-state index in [-0.39, 0.29) is 44.9 Å². The number of hydrogen-bond donors (Lipinski definition) is 4. The molecule has 0 radical (unpaired) electrons. The molecule has 3 rings (SSSR count). The zero-order valence-corrected chi connectivity index (χ0v) is 24.9. The van der Waals surface area contributed by atoms with Crippen LogP contribution in [0.3, 0.4) is 0 Å². The summed E-state index contributed by atoms with van der Waals surface area (Å²) in [6.07, 6.45) is 7.34. The van der Waals surface area contributed by atoms with E-state index in [2.05, 4.69) is 13.8 Å². The van der Waals surface area contributed by atoms with Crippen molar-refractivity contribution in [3.63, 3.8) is 0 Å². The van der Waals surface area contributed by atoms with Crippen molar-refractivity contribution in [3.05, 3.63) is 70.8 Å². The molecule has 0 saturated heterocycles. The van der Waals surface area contributed by atoms with Crippen LogP contribution in [0.25, 0.3) is 22.3 Å². The van der Waals surface area contributed by atoms with E-state index < -0.39 is 23.9 Å². The third-order valence-electron chi connectivity index (χ3n) is 7.07. The van der Waals surface area contributed by atoms with Gasteiger partial charge in [0.15, 0.2) is 0 Å². The molecule has 0 heterocycles. The van der Waals surface area contributed by atoms with Gasteiger partial charge >= 0.3 is 23.9 Å². The molecule has 3 aromatic rings. The predicted octanol–water partition coefficient (Wildman–Crippen LogP) is 7.73. The van der Waals surface area contributed by atoms with Gasteiger partial charge in [-0.15, -0.1) is 0 Å². The number of unbranched alkanes of at least 4 members (excludes halogenated alkanes) is 6. The fourth-order valence-electron chi connectivity index (χ4n) is 4.73. The molecular weight excluding hydrogens is 568 g/mol. The maximum Gasteiger partial charge on any atom is 0.335 e. The third kappa shape index (κ3) is 9.07. The van der Waals surface area contributed by atoms with E-state index in [1.807, 2.05) is 0 Å². The molecule has 0 aliphatic heterocycles. The Morgan fingerprint density at radius 1 is 0.477 bits per heavy atom. The molecule has 234 valence electrons. The maximum atomic E-state index is 11.9. The second-order valence-corrected chi connectivity index (χ2v) is 10.5. The quantitative estimate of drug-likeness (QED) is 0.105. The fraction of sp³-hybridized carbons (Fsp3) is 0.353. The molecule has 0 spiro atoms. The highest BCUT2D eigenvalue weighted by Gasteiger charge is 2.21. The number of aromatic carboxylic acids is 4. The molecule has 10 nitrogen and oxygen atoms in total. The van der Waals surface area contributed by atoms with Crippen LogP contribution in [0.2, 0.25) is 0 Å². The smallest absolute Gasteiger partial charge is 0.335 e. The van der Waals surface area contributed by atoms with Gasteiger partial charge in [-0.1, -0.05) is 52.4 Å². The minimum atomic E-state index is -1.30. The number of carboxylic acid groups (broad SMARTS) is 4.